The van der Waals surface area contributed by atoms with Crippen molar-refractivity contribution in [1.82, 2.24) is 20.0 Å². The molecule has 0 saturated heterocycles. The minimum Gasteiger partial charge on any atom is -0.347 e. The second-order valence-electron chi connectivity index (χ2n) is 7.19. The van der Waals surface area contributed by atoms with Gasteiger partial charge in [-0.25, -0.2) is 0 Å². The van der Waals surface area contributed by atoms with Crippen LogP contribution in [0.2, 0.25) is 0 Å². The number of aromatic nitrogens is 3. The van der Waals surface area contributed by atoms with Crippen LogP contribution in [0.4, 0.5) is 0 Å². The molecular formula is C23H24N4O2. The molecule has 0 radical (unpaired) electrons. The molecule has 1 atom stereocenters. The Balaban J connectivity index is 1.48. The Morgan fingerprint density at radius 3 is 2.72 bits per heavy atom. The second kappa shape index (κ2) is 7.91. The fourth-order valence-electron chi connectivity index (χ4n) is 3.60. The monoisotopic (exact) mass is 388 g/mol. The van der Waals surface area contributed by atoms with Gasteiger partial charge in [-0.3, -0.25) is 4.79 Å². The maximum atomic E-state index is 12.7. The van der Waals surface area contributed by atoms with E-state index in [0.717, 1.165) is 34.1 Å². The van der Waals surface area contributed by atoms with Crippen LogP contribution in [0.1, 0.15) is 36.9 Å². The average molecular weight is 388 g/mol. The van der Waals surface area contributed by atoms with E-state index in [4.69, 9.17) is 4.52 Å². The highest BCUT2D eigenvalue weighted by Gasteiger charge is 2.19. The molecular weight excluding hydrogens is 364 g/mol. The Morgan fingerprint density at radius 1 is 1.17 bits per heavy atom. The van der Waals surface area contributed by atoms with E-state index in [1.54, 1.807) is 0 Å². The summed E-state index contributed by atoms with van der Waals surface area (Å²) in [5.74, 6) is 0.852. The molecule has 0 spiro atoms. The fourth-order valence-corrected chi connectivity index (χ4v) is 3.60. The molecule has 1 N–H and O–H groups in total. The Morgan fingerprint density at radius 2 is 1.93 bits per heavy atom. The lowest BCUT2D eigenvalue weighted by Gasteiger charge is -2.09. The van der Waals surface area contributed by atoms with Crippen LogP contribution in [0.5, 0.6) is 0 Å². The Kier molecular flexibility index (Phi) is 5.16. The molecule has 0 unspecified atom stereocenters. The van der Waals surface area contributed by atoms with Crippen molar-refractivity contribution in [1.29, 1.82) is 0 Å². The standard InChI is InChI=1S/C23H24N4O2/c1-4-27-14-17(19-11-7-8-12-20(19)27)13-21(28)24-16(3)23-25-22(26-29-23)18-10-6-5-9-15(18)2/h5-12,14,16H,4,13H2,1-3H3,(H,24,28)/t16-/m1/s1. The van der Waals surface area contributed by atoms with Crippen LogP contribution in [-0.4, -0.2) is 20.6 Å². The van der Waals surface area contributed by atoms with Crippen molar-refractivity contribution in [3.63, 3.8) is 0 Å². The first kappa shape index (κ1) is 18.9. The first-order valence-corrected chi connectivity index (χ1v) is 9.82. The van der Waals surface area contributed by atoms with Crippen molar-refractivity contribution < 1.29 is 9.32 Å². The molecule has 0 bridgehead atoms. The van der Waals surface area contributed by atoms with Gasteiger partial charge in [-0.05, 0) is 38.0 Å². The van der Waals surface area contributed by atoms with Crippen LogP contribution in [0, 0.1) is 6.92 Å². The van der Waals surface area contributed by atoms with E-state index in [9.17, 15) is 4.79 Å². The zero-order valence-corrected chi connectivity index (χ0v) is 16.8. The molecule has 0 aliphatic heterocycles. The summed E-state index contributed by atoms with van der Waals surface area (Å²) < 4.78 is 7.56. The van der Waals surface area contributed by atoms with Gasteiger partial charge in [-0.2, -0.15) is 4.98 Å². The van der Waals surface area contributed by atoms with Gasteiger partial charge in [0.2, 0.25) is 17.6 Å². The number of benzene rings is 2. The van der Waals surface area contributed by atoms with E-state index >= 15 is 0 Å². The lowest BCUT2D eigenvalue weighted by molar-refractivity contribution is -0.121. The molecule has 6 nitrogen and oxygen atoms in total. The SMILES string of the molecule is CCn1cc(CC(=O)N[C@H](C)c2nc(-c3ccccc3C)no2)c2ccccc21. The van der Waals surface area contributed by atoms with Crippen LogP contribution in [0.25, 0.3) is 22.3 Å². The molecule has 0 saturated carbocycles. The zero-order chi connectivity index (χ0) is 20.4. The van der Waals surface area contributed by atoms with Crippen molar-refractivity contribution in [3.05, 3.63) is 71.7 Å². The van der Waals surface area contributed by atoms with Crippen LogP contribution in [0.15, 0.2) is 59.3 Å². The van der Waals surface area contributed by atoms with Gasteiger partial charge in [0.25, 0.3) is 0 Å². The second-order valence-corrected chi connectivity index (χ2v) is 7.19. The van der Waals surface area contributed by atoms with E-state index in [0.29, 0.717) is 18.1 Å². The van der Waals surface area contributed by atoms with Crippen molar-refractivity contribution in [3.8, 4) is 11.4 Å². The van der Waals surface area contributed by atoms with Crippen molar-refractivity contribution in [2.45, 2.75) is 39.8 Å². The van der Waals surface area contributed by atoms with Crippen LogP contribution >= 0.6 is 0 Å². The van der Waals surface area contributed by atoms with Gasteiger partial charge < -0.3 is 14.4 Å². The van der Waals surface area contributed by atoms with Crippen LogP contribution in [0.3, 0.4) is 0 Å². The highest BCUT2D eigenvalue weighted by Crippen LogP contribution is 2.23. The van der Waals surface area contributed by atoms with Crippen LogP contribution in [-0.2, 0) is 17.8 Å². The smallest absolute Gasteiger partial charge is 0.249 e. The fraction of sp³-hybridized carbons (Fsp3) is 0.261. The number of rotatable bonds is 6. The van der Waals surface area contributed by atoms with Crippen molar-refractivity contribution in [2.24, 2.45) is 0 Å². The number of aryl methyl sites for hydroxylation is 2. The highest BCUT2D eigenvalue weighted by atomic mass is 16.5. The van der Waals surface area contributed by atoms with Crippen molar-refractivity contribution in [2.75, 3.05) is 0 Å². The molecule has 0 aliphatic rings. The van der Waals surface area contributed by atoms with Gasteiger partial charge in [0, 0.05) is 29.2 Å². The van der Waals surface area contributed by atoms with E-state index in [1.807, 2.05) is 50.2 Å². The summed E-state index contributed by atoms with van der Waals surface area (Å²) in [5.41, 5.74) is 4.15. The van der Waals surface area contributed by atoms with Gasteiger partial charge in [0.15, 0.2) is 0 Å². The summed E-state index contributed by atoms with van der Waals surface area (Å²) in [5, 5.41) is 8.15. The topological polar surface area (TPSA) is 73.0 Å². The Bertz CT molecular complexity index is 1160. The molecule has 0 aliphatic carbocycles. The average Bonchev–Trinajstić information content (AvgIpc) is 3.34. The maximum Gasteiger partial charge on any atom is 0.249 e. The summed E-state index contributed by atoms with van der Waals surface area (Å²) >= 11 is 0. The predicted molar refractivity (Wildman–Crippen MR) is 112 cm³/mol. The number of fused-ring (bicyclic) bond motifs is 1. The number of nitrogens with zero attached hydrogens (tertiary/aromatic N) is 3. The lowest BCUT2D eigenvalue weighted by Crippen LogP contribution is -2.28. The molecule has 2 aromatic heterocycles. The third-order valence-electron chi connectivity index (χ3n) is 5.14. The molecule has 148 valence electrons. The summed E-state index contributed by atoms with van der Waals surface area (Å²) in [4.78, 5) is 17.1. The number of hydrogen-bond acceptors (Lipinski definition) is 4. The largest absolute Gasteiger partial charge is 0.347 e. The third-order valence-corrected chi connectivity index (χ3v) is 5.14. The molecule has 2 aromatic carbocycles. The maximum absolute atomic E-state index is 12.7. The summed E-state index contributed by atoms with van der Waals surface area (Å²) in [6.45, 7) is 6.81. The number of amides is 1. The summed E-state index contributed by atoms with van der Waals surface area (Å²) in [7, 11) is 0. The number of carbonyl (C=O) groups is 1. The third kappa shape index (κ3) is 3.78. The normalized spacial score (nSPS) is 12.2. The molecule has 1 amide bonds. The van der Waals surface area contributed by atoms with Gasteiger partial charge in [0.05, 0.1) is 6.42 Å². The van der Waals surface area contributed by atoms with E-state index in [-0.39, 0.29) is 11.9 Å². The first-order chi connectivity index (χ1) is 14.1. The molecule has 6 heteroatoms. The van der Waals surface area contributed by atoms with E-state index in [2.05, 4.69) is 45.3 Å². The molecule has 29 heavy (non-hydrogen) atoms. The molecule has 2 heterocycles. The van der Waals surface area contributed by atoms with E-state index in [1.165, 1.54) is 0 Å². The molecule has 4 rings (SSSR count). The van der Waals surface area contributed by atoms with Gasteiger partial charge in [-0.1, -0.05) is 47.6 Å². The van der Waals surface area contributed by atoms with E-state index < -0.39 is 0 Å². The molecule has 0 fully saturated rings. The predicted octanol–water partition coefficient (Wildman–Crippen LogP) is 4.44. The Hall–Kier alpha value is -3.41. The summed E-state index contributed by atoms with van der Waals surface area (Å²) in [6, 6.07) is 15.6. The van der Waals surface area contributed by atoms with Gasteiger partial charge in [-0.15, -0.1) is 0 Å². The van der Waals surface area contributed by atoms with Crippen LogP contribution < -0.4 is 5.32 Å². The number of hydrogen-bond donors (Lipinski definition) is 1. The zero-order valence-electron chi connectivity index (χ0n) is 16.8. The number of para-hydroxylation sites is 1. The quantitative estimate of drug-likeness (QED) is 0.530. The lowest BCUT2D eigenvalue weighted by atomic mass is 10.1. The minimum absolute atomic E-state index is 0.0767. The van der Waals surface area contributed by atoms with Crippen molar-refractivity contribution >= 4 is 16.8 Å². The molecule has 4 aromatic rings. The first-order valence-electron chi connectivity index (χ1n) is 9.82. The highest BCUT2D eigenvalue weighted by molar-refractivity contribution is 5.89. The van der Waals surface area contributed by atoms with Gasteiger partial charge in [0.1, 0.15) is 6.04 Å². The Labute approximate surface area is 169 Å². The minimum atomic E-state index is -0.368. The summed E-state index contributed by atoms with van der Waals surface area (Å²) in [6.07, 6.45) is 2.36. The van der Waals surface area contributed by atoms with Gasteiger partial charge >= 0.3 is 0 Å². The number of nitrogens with one attached hydrogen (secondary N) is 1. The number of carbonyl (C=O) groups excluding carboxylic acids is 1.